The second-order valence-corrected chi connectivity index (χ2v) is 8.29. The van der Waals surface area contributed by atoms with Crippen molar-refractivity contribution < 1.29 is 14.4 Å². The van der Waals surface area contributed by atoms with Crippen LogP contribution in [-0.2, 0) is 16.0 Å². The van der Waals surface area contributed by atoms with Gasteiger partial charge in [0.1, 0.15) is 6.04 Å². The summed E-state index contributed by atoms with van der Waals surface area (Å²) in [5.74, 6) is -0.519. The first-order valence-corrected chi connectivity index (χ1v) is 11.0. The molecule has 6 nitrogen and oxygen atoms in total. The van der Waals surface area contributed by atoms with Crippen LogP contribution in [0.15, 0.2) is 72.8 Å². The molecule has 1 fully saturated rings. The van der Waals surface area contributed by atoms with Crippen LogP contribution in [0, 0.1) is 6.92 Å². The van der Waals surface area contributed by atoms with E-state index in [0.29, 0.717) is 30.8 Å². The SMILES string of the molecule is CC(=O)Nc1ccc(C(=O)N2CCNC(=O)C2Cc2ccccc2-c2cccc(C)c2)cc1. The number of nitrogens with one attached hydrogen (secondary N) is 2. The highest BCUT2D eigenvalue weighted by atomic mass is 16.2. The quantitative estimate of drug-likeness (QED) is 0.632. The number of anilines is 1. The van der Waals surface area contributed by atoms with Crippen LogP contribution in [0.2, 0.25) is 0 Å². The van der Waals surface area contributed by atoms with Crippen molar-refractivity contribution in [1.82, 2.24) is 10.2 Å². The highest BCUT2D eigenvalue weighted by Gasteiger charge is 2.34. The van der Waals surface area contributed by atoms with Crippen LogP contribution < -0.4 is 10.6 Å². The molecule has 1 aliphatic rings. The molecule has 0 aromatic heterocycles. The van der Waals surface area contributed by atoms with Gasteiger partial charge in [-0.25, -0.2) is 0 Å². The summed E-state index contributed by atoms with van der Waals surface area (Å²) in [4.78, 5) is 39.1. The lowest BCUT2D eigenvalue weighted by molar-refractivity contribution is -0.127. The van der Waals surface area contributed by atoms with Gasteiger partial charge in [-0.05, 0) is 47.9 Å². The van der Waals surface area contributed by atoms with Crippen molar-refractivity contribution in [2.75, 3.05) is 18.4 Å². The number of benzene rings is 3. The van der Waals surface area contributed by atoms with Crippen LogP contribution >= 0.6 is 0 Å². The Morgan fingerprint density at radius 2 is 1.79 bits per heavy atom. The van der Waals surface area contributed by atoms with Gasteiger partial charge in [0.15, 0.2) is 0 Å². The molecule has 1 saturated heterocycles. The molecule has 0 radical (unpaired) electrons. The van der Waals surface area contributed by atoms with Crippen molar-refractivity contribution in [1.29, 1.82) is 0 Å². The molecule has 1 heterocycles. The summed E-state index contributed by atoms with van der Waals surface area (Å²) in [6.07, 6.45) is 0.422. The van der Waals surface area contributed by atoms with Crippen molar-refractivity contribution in [3.8, 4) is 11.1 Å². The number of carbonyl (C=O) groups excluding carboxylic acids is 3. The van der Waals surface area contributed by atoms with Crippen LogP contribution in [0.4, 0.5) is 5.69 Å². The van der Waals surface area contributed by atoms with Crippen LogP contribution in [-0.4, -0.2) is 41.8 Å². The molecule has 0 aliphatic carbocycles. The van der Waals surface area contributed by atoms with Gasteiger partial charge in [-0.2, -0.15) is 0 Å². The summed E-state index contributed by atoms with van der Waals surface area (Å²) < 4.78 is 0. The predicted octanol–water partition coefficient (Wildman–Crippen LogP) is 3.80. The highest BCUT2D eigenvalue weighted by Crippen LogP contribution is 2.27. The fourth-order valence-electron chi connectivity index (χ4n) is 4.23. The second kappa shape index (κ2) is 9.69. The summed E-state index contributed by atoms with van der Waals surface area (Å²) in [5.41, 5.74) is 5.44. The van der Waals surface area contributed by atoms with E-state index in [1.807, 2.05) is 24.3 Å². The Bertz CT molecular complexity index is 1190. The van der Waals surface area contributed by atoms with E-state index in [4.69, 9.17) is 0 Å². The van der Waals surface area contributed by atoms with E-state index in [1.165, 1.54) is 6.92 Å². The maximum Gasteiger partial charge on any atom is 0.254 e. The van der Waals surface area contributed by atoms with Crippen LogP contribution in [0.1, 0.15) is 28.4 Å². The van der Waals surface area contributed by atoms with Crippen molar-refractivity contribution in [2.45, 2.75) is 26.3 Å². The van der Waals surface area contributed by atoms with Crippen LogP contribution in [0.3, 0.4) is 0 Å². The lowest BCUT2D eigenvalue weighted by Crippen LogP contribution is -2.58. The molecule has 3 aromatic rings. The van der Waals surface area contributed by atoms with Crippen molar-refractivity contribution in [3.05, 3.63) is 89.5 Å². The topological polar surface area (TPSA) is 78.5 Å². The Labute approximate surface area is 193 Å². The van der Waals surface area contributed by atoms with E-state index in [0.717, 1.165) is 22.3 Å². The molecule has 0 saturated carbocycles. The standard InChI is InChI=1S/C27H27N3O3/c1-18-6-5-8-21(16-18)24-9-4-3-7-22(24)17-25-26(32)28-14-15-30(25)27(33)20-10-12-23(13-11-20)29-19(2)31/h3-13,16,25H,14-15,17H2,1-2H3,(H,28,32)(H,29,31). The predicted molar refractivity (Wildman–Crippen MR) is 129 cm³/mol. The van der Waals surface area contributed by atoms with Gasteiger partial charge >= 0.3 is 0 Å². The second-order valence-electron chi connectivity index (χ2n) is 8.29. The number of aryl methyl sites for hydroxylation is 1. The molecule has 1 unspecified atom stereocenters. The van der Waals surface area contributed by atoms with Gasteiger partial charge in [0.25, 0.3) is 5.91 Å². The van der Waals surface area contributed by atoms with Gasteiger partial charge in [0, 0.05) is 37.7 Å². The first kappa shape index (κ1) is 22.3. The maximum absolute atomic E-state index is 13.3. The zero-order chi connectivity index (χ0) is 23.4. The molecule has 168 valence electrons. The Balaban J connectivity index is 1.61. The van der Waals surface area contributed by atoms with E-state index in [2.05, 4.69) is 41.8 Å². The zero-order valence-corrected chi connectivity index (χ0v) is 18.8. The molecule has 6 heteroatoms. The third-order valence-corrected chi connectivity index (χ3v) is 5.80. The van der Waals surface area contributed by atoms with Gasteiger partial charge in [-0.15, -0.1) is 0 Å². The molecular weight excluding hydrogens is 414 g/mol. The summed E-state index contributed by atoms with van der Waals surface area (Å²) in [6.45, 7) is 4.35. The Morgan fingerprint density at radius 3 is 2.52 bits per heavy atom. The fraction of sp³-hybridized carbons (Fsp3) is 0.222. The minimum absolute atomic E-state index is 0.150. The maximum atomic E-state index is 13.3. The zero-order valence-electron chi connectivity index (χ0n) is 18.8. The largest absolute Gasteiger partial charge is 0.353 e. The number of rotatable bonds is 5. The number of amides is 3. The minimum atomic E-state index is -0.604. The number of carbonyl (C=O) groups is 3. The summed E-state index contributed by atoms with van der Waals surface area (Å²) >= 11 is 0. The molecule has 3 aromatic carbocycles. The smallest absolute Gasteiger partial charge is 0.254 e. The third-order valence-electron chi connectivity index (χ3n) is 5.80. The number of piperazine rings is 1. The van der Waals surface area contributed by atoms with Crippen molar-refractivity contribution >= 4 is 23.4 Å². The summed E-state index contributed by atoms with van der Waals surface area (Å²) in [5, 5.41) is 5.60. The molecule has 0 bridgehead atoms. The number of hydrogen-bond acceptors (Lipinski definition) is 3. The fourth-order valence-corrected chi connectivity index (χ4v) is 4.23. The Morgan fingerprint density at radius 1 is 1.03 bits per heavy atom. The number of hydrogen-bond donors (Lipinski definition) is 2. The molecule has 33 heavy (non-hydrogen) atoms. The van der Waals surface area contributed by atoms with E-state index >= 15 is 0 Å². The molecule has 1 atom stereocenters. The molecular formula is C27H27N3O3. The first-order chi connectivity index (χ1) is 15.9. The Hall–Kier alpha value is -3.93. The van der Waals surface area contributed by atoms with Crippen molar-refractivity contribution in [2.24, 2.45) is 0 Å². The normalized spacial score (nSPS) is 15.6. The minimum Gasteiger partial charge on any atom is -0.353 e. The molecule has 2 N–H and O–H groups in total. The lowest BCUT2D eigenvalue weighted by atomic mass is 9.93. The van der Waals surface area contributed by atoms with E-state index < -0.39 is 6.04 Å². The molecule has 0 spiro atoms. The van der Waals surface area contributed by atoms with Crippen molar-refractivity contribution in [3.63, 3.8) is 0 Å². The lowest BCUT2D eigenvalue weighted by Gasteiger charge is -2.35. The van der Waals surface area contributed by atoms with E-state index in [1.54, 1.807) is 29.2 Å². The third kappa shape index (κ3) is 5.12. The molecule has 3 amide bonds. The van der Waals surface area contributed by atoms with Crippen LogP contribution in [0.25, 0.3) is 11.1 Å². The monoisotopic (exact) mass is 441 g/mol. The van der Waals surface area contributed by atoms with Gasteiger partial charge in [0.2, 0.25) is 11.8 Å². The Kier molecular flexibility index (Phi) is 6.54. The first-order valence-electron chi connectivity index (χ1n) is 11.0. The van der Waals surface area contributed by atoms with Gasteiger partial charge in [-0.1, -0.05) is 54.1 Å². The molecule has 1 aliphatic heterocycles. The molecule has 4 rings (SSSR count). The van der Waals surface area contributed by atoms with E-state index in [9.17, 15) is 14.4 Å². The van der Waals surface area contributed by atoms with E-state index in [-0.39, 0.29) is 17.7 Å². The number of nitrogens with zero attached hydrogens (tertiary/aromatic N) is 1. The highest BCUT2D eigenvalue weighted by molar-refractivity contribution is 5.99. The average molecular weight is 442 g/mol. The van der Waals surface area contributed by atoms with Gasteiger partial charge in [-0.3, -0.25) is 14.4 Å². The summed E-state index contributed by atoms with van der Waals surface area (Å²) in [7, 11) is 0. The van der Waals surface area contributed by atoms with Gasteiger partial charge in [0.05, 0.1) is 0 Å². The summed E-state index contributed by atoms with van der Waals surface area (Å²) in [6, 6.07) is 22.4. The average Bonchev–Trinajstić information content (AvgIpc) is 2.80. The van der Waals surface area contributed by atoms with Gasteiger partial charge < -0.3 is 15.5 Å². The van der Waals surface area contributed by atoms with Crippen LogP contribution in [0.5, 0.6) is 0 Å².